The Morgan fingerprint density at radius 2 is 2.15 bits per heavy atom. The maximum Gasteiger partial charge on any atom is 0.446 e. The number of benzene rings is 1. The molecule has 0 radical (unpaired) electrons. The van der Waals surface area contributed by atoms with Gasteiger partial charge in [-0.15, -0.1) is 0 Å². The maximum absolute atomic E-state index is 12.3. The summed E-state index contributed by atoms with van der Waals surface area (Å²) >= 11 is -0.290. The van der Waals surface area contributed by atoms with Crippen molar-refractivity contribution >= 4 is 17.7 Å². The van der Waals surface area contributed by atoms with Crippen LogP contribution in [0.3, 0.4) is 0 Å². The van der Waals surface area contributed by atoms with Gasteiger partial charge in [0.2, 0.25) is 0 Å². The fourth-order valence-electron chi connectivity index (χ4n) is 2.10. The third-order valence-electron chi connectivity index (χ3n) is 2.90. The molecule has 0 aromatic heterocycles. The maximum atomic E-state index is 12.3. The number of carboxylic acids is 1. The molecule has 0 fully saturated rings. The minimum absolute atomic E-state index is 0.0525. The first kappa shape index (κ1) is 15.0. The molecule has 0 bridgehead atoms. The highest BCUT2D eigenvalue weighted by atomic mass is 32.2. The van der Waals surface area contributed by atoms with E-state index < -0.39 is 23.5 Å². The predicted molar refractivity (Wildman–Crippen MR) is 64.6 cm³/mol. The Morgan fingerprint density at radius 3 is 2.75 bits per heavy atom. The van der Waals surface area contributed by atoms with Crippen molar-refractivity contribution in [3.05, 3.63) is 23.8 Å². The first-order chi connectivity index (χ1) is 9.20. The Bertz CT molecular complexity index is 532. The summed E-state index contributed by atoms with van der Waals surface area (Å²) in [5, 5.41) is 19.1. The van der Waals surface area contributed by atoms with Crippen molar-refractivity contribution in [1.29, 1.82) is 0 Å². The molecule has 1 heterocycles. The molecule has 1 aromatic carbocycles. The largest absolute Gasteiger partial charge is 0.493 e. The van der Waals surface area contributed by atoms with Gasteiger partial charge in [-0.25, -0.2) is 0 Å². The number of carbonyl (C=O) groups is 1. The van der Waals surface area contributed by atoms with Crippen LogP contribution in [0.25, 0.3) is 0 Å². The Balaban J connectivity index is 2.33. The van der Waals surface area contributed by atoms with Crippen molar-refractivity contribution in [2.75, 3.05) is 6.61 Å². The molecule has 0 saturated carbocycles. The lowest BCUT2D eigenvalue weighted by atomic mass is 9.85. The van der Waals surface area contributed by atoms with Crippen LogP contribution in [0, 0.1) is 0 Å². The van der Waals surface area contributed by atoms with Crippen LogP contribution >= 0.6 is 11.8 Å². The Labute approximate surface area is 116 Å². The second-order valence-electron chi connectivity index (χ2n) is 4.41. The molecule has 4 nitrogen and oxygen atoms in total. The summed E-state index contributed by atoms with van der Waals surface area (Å²) in [5.41, 5.74) is -5.82. The second-order valence-corrected chi connectivity index (χ2v) is 5.54. The number of alkyl halides is 3. The molecule has 2 rings (SSSR count). The second kappa shape index (κ2) is 5.17. The van der Waals surface area contributed by atoms with Gasteiger partial charge in [0.05, 0.1) is 13.0 Å². The van der Waals surface area contributed by atoms with Gasteiger partial charge in [0.15, 0.2) is 0 Å². The molecule has 0 amide bonds. The lowest BCUT2D eigenvalue weighted by Crippen LogP contribution is -2.35. The van der Waals surface area contributed by atoms with Crippen LogP contribution in [-0.2, 0) is 10.4 Å². The molecule has 20 heavy (non-hydrogen) atoms. The van der Waals surface area contributed by atoms with Gasteiger partial charge in [0, 0.05) is 16.9 Å². The van der Waals surface area contributed by atoms with Gasteiger partial charge in [0.25, 0.3) is 0 Å². The number of fused-ring (bicyclic) bond motifs is 1. The van der Waals surface area contributed by atoms with Crippen LogP contribution < -0.4 is 4.74 Å². The van der Waals surface area contributed by atoms with Crippen molar-refractivity contribution in [3.63, 3.8) is 0 Å². The van der Waals surface area contributed by atoms with Gasteiger partial charge < -0.3 is 14.9 Å². The van der Waals surface area contributed by atoms with Gasteiger partial charge >= 0.3 is 11.5 Å². The highest BCUT2D eigenvalue weighted by molar-refractivity contribution is 8.00. The van der Waals surface area contributed by atoms with Gasteiger partial charge in [0.1, 0.15) is 11.4 Å². The van der Waals surface area contributed by atoms with Crippen LogP contribution in [0.1, 0.15) is 18.4 Å². The summed E-state index contributed by atoms with van der Waals surface area (Å²) in [7, 11) is 0. The summed E-state index contributed by atoms with van der Waals surface area (Å²) in [6.45, 7) is 0.0525. The molecule has 8 heteroatoms. The van der Waals surface area contributed by atoms with Gasteiger partial charge in [-0.1, -0.05) is 6.07 Å². The van der Waals surface area contributed by atoms with Crippen molar-refractivity contribution < 1.29 is 32.9 Å². The summed E-state index contributed by atoms with van der Waals surface area (Å²) in [6.07, 6.45) is -0.437. The lowest BCUT2D eigenvalue weighted by Gasteiger charge is -2.33. The van der Waals surface area contributed by atoms with E-state index in [0.717, 1.165) is 0 Å². The fraction of sp³-hybridized carbons (Fsp3) is 0.417. The monoisotopic (exact) mass is 308 g/mol. The first-order valence-electron chi connectivity index (χ1n) is 5.67. The average Bonchev–Trinajstić information content (AvgIpc) is 2.25. The molecule has 1 aliphatic rings. The van der Waals surface area contributed by atoms with E-state index in [9.17, 15) is 23.1 Å². The van der Waals surface area contributed by atoms with Crippen LogP contribution in [0.4, 0.5) is 13.2 Å². The number of hydrogen-bond acceptors (Lipinski definition) is 4. The molecule has 1 aromatic rings. The van der Waals surface area contributed by atoms with Crippen LogP contribution in [0.2, 0.25) is 0 Å². The summed E-state index contributed by atoms with van der Waals surface area (Å²) in [4.78, 5) is 10.7. The van der Waals surface area contributed by atoms with E-state index >= 15 is 0 Å². The molecule has 0 spiro atoms. The number of hydrogen-bond donors (Lipinski definition) is 2. The predicted octanol–water partition coefficient (Wildman–Crippen LogP) is 2.74. The van der Waals surface area contributed by atoms with E-state index in [1.165, 1.54) is 18.2 Å². The molecule has 1 unspecified atom stereocenters. The standard InChI is InChI=1S/C12H11F3O4S/c13-12(14,15)20-7-1-2-8-9(5-7)19-4-3-11(8,18)6-10(16)17/h1-2,5,18H,3-4,6H2,(H,16,17). The lowest BCUT2D eigenvalue weighted by molar-refractivity contribution is -0.144. The van der Waals surface area contributed by atoms with Crippen LogP contribution in [0.15, 0.2) is 23.1 Å². The van der Waals surface area contributed by atoms with Gasteiger partial charge in [-0.2, -0.15) is 13.2 Å². The van der Waals surface area contributed by atoms with E-state index in [0.29, 0.717) is 0 Å². The zero-order valence-electron chi connectivity index (χ0n) is 10.1. The molecule has 2 N–H and O–H groups in total. The van der Waals surface area contributed by atoms with Crippen molar-refractivity contribution in [3.8, 4) is 5.75 Å². The Hall–Kier alpha value is -1.41. The third kappa shape index (κ3) is 3.37. The third-order valence-corrected chi connectivity index (χ3v) is 3.63. The molecule has 1 aliphatic heterocycles. The minimum atomic E-state index is -4.42. The topological polar surface area (TPSA) is 66.8 Å². The van der Waals surface area contributed by atoms with E-state index in [4.69, 9.17) is 9.84 Å². The normalized spacial score (nSPS) is 22.0. The smallest absolute Gasteiger partial charge is 0.446 e. The number of carboxylic acid groups (broad SMARTS) is 1. The van der Waals surface area contributed by atoms with E-state index in [-0.39, 0.29) is 41.0 Å². The van der Waals surface area contributed by atoms with Gasteiger partial charge in [-0.3, -0.25) is 4.79 Å². The highest BCUT2D eigenvalue weighted by Gasteiger charge is 2.38. The first-order valence-corrected chi connectivity index (χ1v) is 6.48. The zero-order valence-corrected chi connectivity index (χ0v) is 10.9. The molecule has 0 aliphatic carbocycles. The number of rotatable bonds is 3. The molecule has 0 saturated heterocycles. The molecule has 1 atom stereocenters. The van der Waals surface area contributed by atoms with Crippen LogP contribution in [-0.4, -0.2) is 28.3 Å². The van der Waals surface area contributed by atoms with E-state index in [2.05, 4.69) is 0 Å². The quantitative estimate of drug-likeness (QED) is 0.841. The summed E-state index contributed by atoms with van der Waals surface area (Å²) in [6, 6.07) is 3.64. The van der Waals surface area contributed by atoms with Crippen LogP contribution in [0.5, 0.6) is 5.75 Å². The minimum Gasteiger partial charge on any atom is -0.493 e. The number of aliphatic hydroxyl groups is 1. The number of halogens is 3. The highest BCUT2D eigenvalue weighted by Crippen LogP contribution is 2.44. The number of ether oxygens (including phenoxy) is 1. The van der Waals surface area contributed by atoms with E-state index in [1.807, 2.05) is 0 Å². The van der Waals surface area contributed by atoms with Gasteiger partial charge in [-0.05, 0) is 23.9 Å². The summed E-state index contributed by atoms with van der Waals surface area (Å²) < 4.78 is 42.1. The molecular weight excluding hydrogens is 297 g/mol. The summed E-state index contributed by atoms with van der Waals surface area (Å²) in [5.74, 6) is -1.09. The van der Waals surface area contributed by atoms with Crippen molar-refractivity contribution in [2.45, 2.75) is 28.8 Å². The zero-order chi connectivity index (χ0) is 15.0. The van der Waals surface area contributed by atoms with E-state index in [1.54, 1.807) is 0 Å². The molecular formula is C12H11F3O4S. The number of thioether (sulfide) groups is 1. The Kier molecular flexibility index (Phi) is 3.88. The SMILES string of the molecule is O=C(O)CC1(O)CCOc2cc(SC(F)(F)F)ccc21. The van der Waals surface area contributed by atoms with Crippen molar-refractivity contribution in [2.24, 2.45) is 0 Å². The number of aliphatic carboxylic acids is 1. The fourth-order valence-corrected chi connectivity index (χ4v) is 2.67. The Morgan fingerprint density at radius 1 is 1.45 bits per heavy atom. The van der Waals surface area contributed by atoms with Crippen molar-refractivity contribution in [1.82, 2.24) is 0 Å². The average molecular weight is 308 g/mol. The molecule has 110 valence electrons.